The number of benzene rings is 2. The molecule has 3 rings (SSSR count). The number of nitrogens with zero attached hydrogens (tertiary/aromatic N) is 1. The fraction of sp³-hybridized carbons (Fsp3) is 0.192. The summed E-state index contributed by atoms with van der Waals surface area (Å²) in [7, 11) is 1.55. The van der Waals surface area contributed by atoms with E-state index in [1.54, 1.807) is 62.6 Å². The van der Waals surface area contributed by atoms with Gasteiger partial charge in [0, 0.05) is 22.5 Å². The topological polar surface area (TPSA) is 100 Å². The van der Waals surface area contributed by atoms with Crippen LogP contribution in [-0.2, 0) is 14.3 Å². The van der Waals surface area contributed by atoms with Gasteiger partial charge in [-0.15, -0.1) is 0 Å². The molecule has 2 aromatic rings. The van der Waals surface area contributed by atoms with Crippen molar-refractivity contribution in [1.82, 2.24) is 5.32 Å². The van der Waals surface area contributed by atoms with Gasteiger partial charge in [-0.05, 0) is 30.7 Å². The standard InChI is InChI=1S/C26H24ClN3O4S/c1-4-12-34-26(32)23-16(2)29-25(20(14-28)24(23)19-10-5-6-11-21(19)27)35-15-22(31)30-17-8-7-9-18(13-17)33-3/h4-11,13,24,29H,1,12,15H2,2-3H3,(H,30,31). The van der Waals surface area contributed by atoms with Gasteiger partial charge < -0.3 is 20.1 Å². The fourth-order valence-electron chi connectivity index (χ4n) is 3.57. The Bertz CT molecular complexity index is 1250. The van der Waals surface area contributed by atoms with Crippen molar-refractivity contribution in [3.8, 4) is 11.8 Å². The third-order valence-corrected chi connectivity index (χ3v) is 6.48. The van der Waals surface area contributed by atoms with E-state index in [9.17, 15) is 14.9 Å². The van der Waals surface area contributed by atoms with E-state index in [1.165, 1.54) is 6.08 Å². The maximum Gasteiger partial charge on any atom is 0.337 e. The molecule has 180 valence electrons. The number of hydrogen-bond acceptors (Lipinski definition) is 7. The van der Waals surface area contributed by atoms with Gasteiger partial charge in [0.15, 0.2) is 0 Å². The van der Waals surface area contributed by atoms with Crippen LogP contribution < -0.4 is 15.4 Å². The summed E-state index contributed by atoms with van der Waals surface area (Å²) < 4.78 is 10.5. The molecule has 1 aliphatic heterocycles. The van der Waals surface area contributed by atoms with Gasteiger partial charge >= 0.3 is 5.97 Å². The summed E-state index contributed by atoms with van der Waals surface area (Å²) in [6.45, 7) is 5.32. The number of amides is 1. The van der Waals surface area contributed by atoms with Gasteiger partial charge in [0.1, 0.15) is 12.4 Å². The summed E-state index contributed by atoms with van der Waals surface area (Å²) in [6, 6.07) is 16.2. The highest BCUT2D eigenvalue weighted by atomic mass is 35.5. The van der Waals surface area contributed by atoms with Gasteiger partial charge in [0.2, 0.25) is 5.91 Å². The van der Waals surface area contributed by atoms with Crippen LogP contribution in [0.5, 0.6) is 5.75 Å². The Morgan fingerprint density at radius 1 is 1.29 bits per heavy atom. The van der Waals surface area contributed by atoms with Crippen molar-refractivity contribution in [2.24, 2.45) is 0 Å². The van der Waals surface area contributed by atoms with E-state index in [-0.39, 0.29) is 29.4 Å². The minimum Gasteiger partial charge on any atom is -0.497 e. The van der Waals surface area contributed by atoms with Gasteiger partial charge in [-0.2, -0.15) is 5.26 Å². The summed E-state index contributed by atoms with van der Waals surface area (Å²) in [5.41, 5.74) is 2.25. The molecule has 1 amide bonds. The maximum atomic E-state index is 12.9. The van der Waals surface area contributed by atoms with E-state index in [0.29, 0.717) is 32.7 Å². The van der Waals surface area contributed by atoms with Crippen LogP contribution in [0.25, 0.3) is 0 Å². The highest BCUT2D eigenvalue weighted by Gasteiger charge is 2.36. The summed E-state index contributed by atoms with van der Waals surface area (Å²) >= 11 is 7.63. The van der Waals surface area contributed by atoms with Crippen LogP contribution in [-0.4, -0.2) is 31.3 Å². The molecule has 1 aliphatic rings. The highest BCUT2D eigenvalue weighted by molar-refractivity contribution is 8.03. The Hall–Kier alpha value is -3.67. The van der Waals surface area contributed by atoms with Gasteiger partial charge in [0.25, 0.3) is 0 Å². The van der Waals surface area contributed by atoms with E-state index in [2.05, 4.69) is 23.3 Å². The molecule has 0 spiro atoms. The van der Waals surface area contributed by atoms with Crippen molar-refractivity contribution < 1.29 is 19.1 Å². The van der Waals surface area contributed by atoms with Crippen molar-refractivity contribution >= 4 is 40.9 Å². The Morgan fingerprint density at radius 2 is 2.06 bits per heavy atom. The SMILES string of the molecule is C=CCOC(=O)C1=C(C)NC(SCC(=O)Nc2cccc(OC)c2)=C(C#N)C1c1ccccc1Cl. The van der Waals surface area contributed by atoms with Gasteiger partial charge in [-0.25, -0.2) is 4.79 Å². The highest BCUT2D eigenvalue weighted by Crippen LogP contribution is 2.43. The Labute approximate surface area is 213 Å². The number of carbonyl (C=O) groups excluding carboxylic acids is 2. The Balaban J connectivity index is 1.90. The Morgan fingerprint density at radius 3 is 2.74 bits per heavy atom. The van der Waals surface area contributed by atoms with E-state index >= 15 is 0 Å². The minimum atomic E-state index is -0.754. The summed E-state index contributed by atoms with van der Waals surface area (Å²) in [6.07, 6.45) is 1.47. The third-order valence-electron chi connectivity index (χ3n) is 5.12. The monoisotopic (exact) mass is 509 g/mol. The van der Waals surface area contributed by atoms with E-state index in [4.69, 9.17) is 21.1 Å². The number of dihydropyridines is 1. The average Bonchev–Trinajstić information content (AvgIpc) is 2.86. The molecular formula is C26H24ClN3O4S. The van der Waals surface area contributed by atoms with E-state index in [0.717, 1.165) is 11.8 Å². The number of esters is 1. The van der Waals surface area contributed by atoms with E-state index < -0.39 is 11.9 Å². The van der Waals surface area contributed by atoms with Crippen molar-refractivity contribution in [2.75, 3.05) is 24.8 Å². The molecule has 0 fully saturated rings. The van der Waals surface area contributed by atoms with Gasteiger partial charge in [0.05, 0.1) is 41.0 Å². The number of ether oxygens (including phenoxy) is 2. The van der Waals surface area contributed by atoms with Gasteiger partial charge in [-0.3, -0.25) is 4.79 Å². The molecule has 1 unspecified atom stereocenters. The first-order valence-electron chi connectivity index (χ1n) is 10.6. The molecule has 1 heterocycles. The van der Waals surface area contributed by atoms with Crippen molar-refractivity contribution in [1.29, 1.82) is 5.26 Å². The first-order chi connectivity index (χ1) is 16.9. The fourth-order valence-corrected chi connectivity index (χ4v) is 4.70. The molecule has 1 atom stereocenters. The lowest BCUT2D eigenvalue weighted by atomic mass is 9.82. The molecule has 35 heavy (non-hydrogen) atoms. The zero-order chi connectivity index (χ0) is 25.4. The lowest BCUT2D eigenvalue weighted by Crippen LogP contribution is -2.29. The third kappa shape index (κ3) is 6.27. The van der Waals surface area contributed by atoms with Crippen LogP contribution in [0.3, 0.4) is 0 Å². The lowest BCUT2D eigenvalue weighted by molar-refractivity contribution is -0.138. The molecule has 9 heteroatoms. The lowest BCUT2D eigenvalue weighted by Gasteiger charge is -2.29. The molecule has 2 N–H and O–H groups in total. The number of hydrogen-bond donors (Lipinski definition) is 2. The zero-order valence-electron chi connectivity index (χ0n) is 19.3. The van der Waals surface area contributed by atoms with Crippen molar-refractivity contribution in [2.45, 2.75) is 12.8 Å². The Kier molecular flexibility index (Phi) is 9.01. The quantitative estimate of drug-likeness (QED) is 0.356. The van der Waals surface area contributed by atoms with Crippen LogP contribution in [0, 0.1) is 11.3 Å². The zero-order valence-corrected chi connectivity index (χ0v) is 20.8. The average molecular weight is 510 g/mol. The predicted octanol–water partition coefficient (Wildman–Crippen LogP) is 5.15. The summed E-state index contributed by atoms with van der Waals surface area (Å²) in [5, 5.41) is 16.9. The number of allylic oxidation sites excluding steroid dienone is 2. The van der Waals surface area contributed by atoms with Crippen LogP contribution in [0.4, 0.5) is 5.69 Å². The summed E-state index contributed by atoms with van der Waals surface area (Å²) in [5.74, 6) is -0.938. The molecule has 0 aromatic heterocycles. The maximum absolute atomic E-state index is 12.9. The molecule has 0 bridgehead atoms. The molecule has 0 saturated heterocycles. The second-order valence-corrected chi connectivity index (χ2v) is 8.82. The first kappa shape index (κ1) is 25.9. The molecule has 0 radical (unpaired) electrons. The normalized spacial score (nSPS) is 15.1. The van der Waals surface area contributed by atoms with Crippen LogP contribution in [0.15, 0.2) is 83.1 Å². The first-order valence-corrected chi connectivity index (χ1v) is 12.0. The van der Waals surface area contributed by atoms with Crippen molar-refractivity contribution in [3.63, 3.8) is 0 Å². The summed E-state index contributed by atoms with van der Waals surface area (Å²) in [4.78, 5) is 25.5. The van der Waals surface area contributed by atoms with Crippen LogP contribution in [0.2, 0.25) is 5.02 Å². The van der Waals surface area contributed by atoms with E-state index in [1.807, 2.05) is 0 Å². The minimum absolute atomic E-state index is 0.0303. The van der Waals surface area contributed by atoms with Crippen molar-refractivity contribution in [3.05, 3.63) is 93.6 Å². The molecular weight excluding hydrogens is 486 g/mol. The second kappa shape index (κ2) is 12.2. The number of nitrogens with one attached hydrogen (secondary N) is 2. The number of methoxy groups -OCH3 is 1. The second-order valence-electron chi connectivity index (χ2n) is 7.43. The number of halogens is 1. The predicted molar refractivity (Wildman–Crippen MR) is 138 cm³/mol. The van der Waals surface area contributed by atoms with Crippen LogP contribution in [0.1, 0.15) is 18.4 Å². The number of anilines is 1. The molecule has 2 aromatic carbocycles. The molecule has 0 aliphatic carbocycles. The number of rotatable bonds is 9. The largest absolute Gasteiger partial charge is 0.497 e. The molecule has 7 nitrogen and oxygen atoms in total. The smallest absolute Gasteiger partial charge is 0.337 e. The molecule has 0 saturated carbocycles. The van der Waals surface area contributed by atoms with Crippen LogP contribution >= 0.6 is 23.4 Å². The number of carbonyl (C=O) groups is 2. The number of nitriles is 1. The van der Waals surface area contributed by atoms with Gasteiger partial charge in [-0.1, -0.05) is 60.3 Å². The number of thioether (sulfide) groups is 1.